The number of hydrogen-bond donors (Lipinski definition) is 1. The molecule has 0 amide bonds. The van der Waals surface area contributed by atoms with Crippen molar-refractivity contribution in [2.75, 3.05) is 31.6 Å². The zero-order chi connectivity index (χ0) is 12.7. The number of nitrogens with two attached hydrogens (primary N) is 1. The molecule has 0 aliphatic heterocycles. The summed E-state index contributed by atoms with van der Waals surface area (Å²) < 4.78 is 5.00. The largest absolute Gasteiger partial charge is 0.467 e. The SMILES string of the molecule is CCCCN(CCN)c1nc(OC)ncc1Cl. The molecular formula is C11H19ClN4O. The second-order valence-corrected chi connectivity index (χ2v) is 4.06. The summed E-state index contributed by atoms with van der Waals surface area (Å²) in [7, 11) is 1.53. The summed E-state index contributed by atoms with van der Waals surface area (Å²) in [4.78, 5) is 10.3. The van der Waals surface area contributed by atoms with Crippen LogP contribution in [0.5, 0.6) is 6.01 Å². The highest BCUT2D eigenvalue weighted by molar-refractivity contribution is 6.32. The Balaban J connectivity index is 2.90. The Labute approximate surface area is 107 Å². The quantitative estimate of drug-likeness (QED) is 0.807. The molecule has 1 aromatic heterocycles. The summed E-state index contributed by atoms with van der Waals surface area (Å²) in [5.41, 5.74) is 5.60. The number of rotatable bonds is 7. The van der Waals surface area contributed by atoms with Crippen molar-refractivity contribution in [3.05, 3.63) is 11.2 Å². The van der Waals surface area contributed by atoms with E-state index >= 15 is 0 Å². The van der Waals surface area contributed by atoms with E-state index in [-0.39, 0.29) is 0 Å². The van der Waals surface area contributed by atoms with Gasteiger partial charge in [-0.3, -0.25) is 0 Å². The third-order valence-electron chi connectivity index (χ3n) is 2.37. The lowest BCUT2D eigenvalue weighted by Gasteiger charge is -2.23. The van der Waals surface area contributed by atoms with Gasteiger partial charge in [0.05, 0.1) is 13.3 Å². The second kappa shape index (κ2) is 7.29. The van der Waals surface area contributed by atoms with Crippen LogP contribution in [0.25, 0.3) is 0 Å². The summed E-state index contributed by atoms with van der Waals surface area (Å²) in [6.07, 6.45) is 3.74. The van der Waals surface area contributed by atoms with Crippen LogP contribution in [0.15, 0.2) is 6.20 Å². The fraction of sp³-hybridized carbons (Fsp3) is 0.636. The van der Waals surface area contributed by atoms with Gasteiger partial charge in [-0.2, -0.15) is 4.98 Å². The zero-order valence-corrected chi connectivity index (χ0v) is 11.1. The third-order valence-corrected chi connectivity index (χ3v) is 2.63. The van der Waals surface area contributed by atoms with Crippen LogP contribution in [0.3, 0.4) is 0 Å². The smallest absolute Gasteiger partial charge is 0.318 e. The molecule has 1 aromatic rings. The Morgan fingerprint density at radius 3 is 2.82 bits per heavy atom. The maximum atomic E-state index is 6.10. The molecule has 0 aromatic carbocycles. The van der Waals surface area contributed by atoms with E-state index < -0.39 is 0 Å². The van der Waals surface area contributed by atoms with Crippen molar-refractivity contribution in [2.45, 2.75) is 19.8 Å². The number of methoxy groups -OCH3 is 1. The first-order valence-corrected chi connectivity index (χ1v) is 6.12. The minimum atomic E-state index is 0.322. The number of nitrogens with zero attached hydrogens (tertiary/aromatic N) is 3. The van der Waals surface area contributed by atoms with Crippen LogP contribution >= 0.6 is 11.6 Å². The number of ether oxygens (including phenoxy) is 1. The van der Waals surface area contributed by atoms with E-state index in [1.807, 2.05) is 0 Å². The van der Waals surface area contributed by atoms with E-state index in [4.69, 9.17) is 22.1 Å². The number of hydrogen-bond acceptors (Lipinski definition) is 5. The molecule has 0 bridgehead atoms. The summed E-state index contributed by atoms with van der Waals surface area (Å²) in [6.45, 7) is 4.31. The molecule has 6 heteroatoms. The molecule has 96 valence electrons. The van der Waals surface area contributed by atoms with Crippen molar-refractivity contribution in [2.24, 2.45) is 5.73 Å². The van der Waals surface area contributed by atoms with E-state index in [0.29, 0.717) is 23.4 Å². The van der Waals surface area contributed by atoms with Crippen molar-refractivity contribution < 1.29 is 4.74 Å². The Bertz CT molecular complexity index is 348. The predicted octanol–water partition coefficient (Wildman–Crippen LogP) is 1.70. The molecule has 0 aliphatic rings. The van der Waals surface area contributed by atoms with Crippen LogP contribution in [0, 0.1) is 0 Å². The van der Waals surface area contributed by atoms with Gasteiger partial charge >= 0.3 is 6.01 Å². The van der Waals surface area contributed by atoms with Gasteiger partial charge < -0.3 is 15.4 Å². The molecule has 0 fully saturated rings. The van der Waals surface area contributed by atoms with Crippen LogP contribution in [0.2, 0.25) is 5.02 Å². The number of anilines is 1. The van der Waals surface area contributed by atoms with Crippen LogP contribution in [-0.4, -0.2) is 36.7 Å². The van der Waals surface area contributed by atoms with Crippen molar-refractivity contribution in [3.8, 4) is 6.01 Å². The highest BCUT2D eigenvalue weighted by atomic mass is 35.5. The van der Waals surface area contributed by atoms with Crippen molar-refractivity contribution in [1.29, 1.82) is 0 Å². The molecule has 0 saturated heterocycles. The van der Waals surface area contributed by atoms with E-state index in [9.17, 15) is 0 Å². The molecular weight excluding hydrogens is 240 g/mol. The second-order valence-electron chi connectivity index (χ2n) is 3.66. The lowest BCUT2D eigenvalue weighted by molar-refractivity contribution is 0.379. The summed E-state index contributed by atoms with van der Waals surface area (Å²) in [5, 5.41) is 0.523. The standard InChI is InChI=1S/C11H19ClN4O/c1-3-4-6-16(7-5-13)10-9(12)8-14-11(15-10)17-2/h8H,3-7,13H2,1-2H3. The highest BCUT2D eigenvalue weighted by Crippen LogP contribution is 2.24. The molecule has 0 aliphatic carbocycles. The van der Waals surface area contributed by atoms with Crippen molar-refractivity contribution in [1.82, 2.24) is 9.97 Å². The first kappa shape index (κ1) is 14.0. The maximum Gasteiger partial charge on any atom is 0.318 e. The van der Waals surface area contributed by atoms with Crippen LogP contribution in [0.1, 0.15) is 19.8 Å². The van der Waals surface area contributed by atoms with E-state index in [2.05, 4.69) is 21.8 Å². The van der Waals surface area contributed by atoms with Gasteiger partial charge in [-0.25, -0.2) is 4.98 Å². The zero-order valence-electron chi connectivity index (χ0n) is 10.3. The van der Waals surface area contributed by atoms with Gasteiger partial charge in [-0.05, 0) is 6.42 Å². The van der Waals surface area contributed by atoms with Crippen LogP contribution < -0.4 is 15.4 Å². The lowest BCUT2D eigenvalue weighted by Crippen LogP contribution is -2.31. The predicted molar refractivity (Wildman–Crippen MR) is 69.8 cm³/mol. The van der Waals surface area contributed by atoms with Crippen molar-refractivity contribution in [3.63, 3.8) is 0 Å². The lowest BCUT2D eigenvalue weighted by atomic mass is 10.3. The van der Waals surface area contributed by atoms with E-state index in [1.165, 1.54) is 7.11 Å². The molecule has 0 atom stereocenters. The monoisotopic (exact) mass is 258 g/mol. The number of aromatic nitrogens is 2. The van der Waals surface area contributed by atoms with E-state index in [0.717, 1.165) is 25.9 Å². The summed E-state index contributed by atoms with van der Waals surface area (Å²) in [6, 6.07) is 0.322. The van der Waals surface area contributed by atoms with Crippen LogP contribution in [0.4, 0.5) is 5.82 Å². The summed E-state index contributed by atoms with van der Waals surface area (Å²) in [5.74, 6) is 0.692. The highest BCUT2D eigenvalue weighted by Gasteiger charge is 2.13. The van der Waals surface area contributed by atoms with Crippen molar-refractivity contribution >= 4 is 17.4 Å². The van der Waals surface area contributed by atoms with Gasteiger partial charge in [0.15, 0.2) is 5.82 Å². The Morgan fingerprint density at radius 1 is 1.47 bits per heavy atom. The first-order chi connectivity index (χ1) is 8.22. The minimum Gasteiger partial charge on any atom is -0.467 e. The van der Waals surface area contributed by atoms with E-state index in [1.54, 1.807) is 6.20 Å². The average molecular weight is 259 g/mol. The first-order valence-electron chi connectivity index (χ1n) is 5.74. The van der Waals surface area contributed by atoms with Gasteiger partial charge in [0.2, 0.25) is 0 Å². The van der Waals surface area contributed by atoms with Crippen LogP contribution in [-0.2, 0) is 0 Å². The Kier molecular flexibility index (Phi) is 6.00. The Hall–Kier alpha value is -1.07. The normalized spacial score (nSPS) is 10.4. The molecule has 1 rings (SSSR count). The fourth-order valence-electron chi connectivity index (χ4n) is 1.49. The topological polar surface area (TPSA) is 64.3 Å². The summed E-state index contributed by atoms with van der Waals surface area (Å²) >= 11 is 6.10. The van der Waals surface area contributed by atoms with Gasteiger partial charge in [0.1, 0.15) is 5.02 Å². The fourth-order valence-corrected chi connectivity index (χ4v) is 1.70. The molecule has 0 spiro atoms. The molecule has 0 radical (unpaired) electrons. The maximum absolute atomic E-state index is 6.10. The number of halogens is 1. The van der Waals surface area contributed by atoms with Gasteiger partial charge in [-0.15, -0.1) is 0 Å². The molecule has 0 saturated carbocycles. The molecule has 17 heavy (non-hydrogen) atoms. The molecule has 5 nitrogen and oxygen atoms in total. The average Bonchev–Trinajstić information content (AvgIpc) is 2.35. The molecule has 2 N–H and O–H groups in total. The number of unbranched alkanes of at least 4 members (excludes halogenated alkanes) is 1. The Morgan fingerprint density at radius 2 is 2.24 bits per heavy atom. The van der Waals surface area contributed by atoms with Gasteiger partial charge in [0.25, 0.3) is 0 Å². The van der Waals surface area contributed by atoms with Gasteiger partial charge in [0, 0.05) is 19.6 Å². The molecule has 1 heterocycles. The van der Waals surface area contributed by atoms with Gasteiger partial charge in [-0.1, -0.05) is 24.9 Å². The third kappa shape index (κ3) is 4.02. The minimum absolute atomic E-state index is 0.322. The molecule has 0 unspecified atom stereocenters.